The van der Waals surface area contributed by atoms with Crippen molar-refractivity contribution < 1.29 is 8.42 Å². The zero-order valence-electron chi connectivity index (χ0n) is 14.1. The number of aromatic nitrogens is 2. The van der Waals surface area contributed by atoms with Crippen molar-refractivity contribution in [1.82, 2.24) is 19.4 Å². The molecule has 7 heteroatoms. The number of fused-ring (bicyclic) bond motifs is 1. The molecule has 1 saturated carbocycles. The highest BCUT2D eigenvalue weighted by Crippen LogP contribution is 2.52. The van der Waals surface area contributed by atoms with E-state index in [-0.39, 0.29) is 17.5 Å². The molecule has 0 unspecified atom stereocenters. The van der Waals surface area contributed by atoms with Crippen molar-refractivity contribution >= 4 is 10.0 Å². The molecule has 1 N–H and O–H groups in total. The highest BCUT2D eigenvalue weighted by Gasteiger charge is 2.59. The van der Waals surface area contributed by atoms with Gasteiger partial charge in [-0.25, -0.2) is 8.42 Å². The first kappa shape index (κ1) is 15.6. The summed E-state index contributed by atoms with van der Waals surface area (Å²) in [6.07, 6.45) is 7.07. The molecule has 2 saturated heterocycles. The second kappa shape index (κ2) is 5.04. The van der Waals surface area contributed by atoms with Crippen LogP contribution in [-0.4, -0.2) is 47.2 Å². The molecule has 1 aromatic heterocycles. The van der Waals surface area contributed by atoms with Crippen LogP contribution in [0.2, 0.25) is 0 Å². The van der Waals surface area contributed by atoms with Gasteiger partial charge in [0.05, 0.1) is 5.69 Å². The molecule has 0 aromatic carbocycles. The summed E-state index contributed by atoms with van der Waals surface area (Å²) in [5.41, 5.74) is 0.653. The largest absolute Gasteiger partial charge is 0.312 e. The maximum atomic E-state index is 13.4. The van der Waals surface area contributed by atoms with Crippen LogP contribution in [-0.2, 0) is 17.1 Å². The van der Waals surface area contributed by atoms with Crippen LogP contribution in [0.1, 0.15) is 44.7 Å². The fourth-order valence-corrected chi connectivity index (χ4v) is 7.36. The van der Waals surface area contributed by atoms with E-state index in [1.807, 2.05) is 4.31 Å². The van der Waals surface area contributed by atoms with E-state index >= 15 is 0 Å². The Morgan fingerprint density at radius 1 is 1.35 bits per heavy atom. The Bertz CT molecular complexity index is 728. The van der Waals surface area contributed by atoms with E-state index in [1.165, 1.54) is 12.8 Å². The summed E-state index contributed by atoms with van der Waals surface area (Å²) in [6, 6.07) is 0.630. The highest BCUT2D eigenvalue weighted by molar-refractivity contribution is 7.89. The monoisotopic (exact) mass is 338 g/mol. The SMILES string of the molecule is Cc1nn(C)cc1S(=O)(=O)N1[C@@H]2CN[C@@H]3CCCC[C@H]1[C@]3(C)C2. The van der Waals surface area contributed by atoms with Crippen molar-refractivity contribution in [2.24, 2.45) is 12.5 Å². The first-order valence-corrected chi connectivity index (χ1v) is 10.1. The smallest absolute Gasteiger partial charge is 0.247 e. The van der Waals surface area contributed by atoms with Crippen LogP contribution in [0.3, 0.4) is 0 Å². The number of hydrogen-bond donors (Lipinski definition) is 1. The van der Waals surface area contributed by atoms with E-state index in [4.69, 9.17) is 0 Å². The third kappa shape index (κ3) is 2.13. The van der Waals surface area contributed by atoms with Crippen LogP contribution in [0.25, 0.3) is 0 Å². The standard InChI is InChI=1S/C16H26N4O2S/c1-11-13(10-19(3)18-11)23(21,22)20-12-8-16(2)14(17-9-12)6-4-5-7-15(16)20/h10,12,14-15,17H,4-9H2,1-3H3/t12-,14+,15-,16+/m0/s1. The van der Waals surface area contributed by atoms with Gasteiger partial charge in [0.25, 0.3) is 0 Å². The number of hydrogen-bond acceptors (Lipinski definition) is 4. The second-order valence-corrected chi connectivity index (χ2v) is 9.52. The summed E-state index contributed by atoms with van der Waals surface area (Å²) in [5, 5.41) is 7.88. The number of rotatable bonds is 2. The Kier molecular flexibility index (Phi) is 3.42. The third-order valence-electron chi connectivity index (χ3n) is 6.24. The van der Waals surface area contributed by atoms with E-state index in [9.17, 15) is 8.42 Å². The first-order chi connectivity index (χ1) is 10.8. The Morgan fingerprint density at radius 2 is 2.09 bits per heavy atom. The third-order valence-corrected chi connectivity index (χ3v) is 8.31. The lowest BCUT2D eigenvalue weighted by Gasteiger charge is -2.40. The molecule has 23 heavy (non-hydrogen) atoms. The zero-order chi connectivity index (χ0) is 16.4. The summed E-state index contributed by atoms with van der Waals surface area (Å²) in [6.45, 7) is 4.85. The Hall–Kier alpha value is -0.920. The average Bonchev–Trinajstić information content (AvgIpc) is 2.88. The maximum Gasteiger partial charge on any atom is 0.247 e. The van der Waals surface area contributed by atoms with Crippen LogP contribution >= 0.6 is 0 Å². The van der Waals surface area contributed by atoms with Crippen LogP contribution in [0.15, 0.2) is 11.1 Å². The molecule has 3 heterocycles. The fourth-order valence-electron chi connectivity index (χ4n) is 5.21. The van der Waals surface area contributed by atoms with E-state index in [2.05, 4.69) is 17.3 Å². The Morgan fingerprint density at radius 3 is 2.78 bits per heavy atom. The quantitative estimate of drug-likeness (QED) is 0.885. The lowest BCUT2D eigenvalue weighted by molar-refractivity contribution is 0.164. The predicted molar refractivity (Wildman–Crippen MR) is 87.5 cm³/mol. The minimum Gasteiger partial charge on any atom is -0.312 e. The molecular weight excluding hydrogens is 312 g/mol. The number of aryl methyl sites for hydroxylation is 2. The minimum atomic E-state index is -3.50. The molecule has 3 aliphatic rings. The molecule has 0 spiro atoms. The van der Waals surface area contributed by atoms with Crippen molar-refractivity contribution in [2.75, 3.05) is 6.54 Å². The number of sulfonamides is 1. The summed E-state index contributed by atoms with van der Waals surface area (Å²) >= 11 is 0. The molecule has 6 nitrogen and oxygen atoms in total. The molecule has 128 valence electrons. The van der Waals surface area contributed by atoms with Crippen LogP contribution in [0.5, 0.6) is 0 Å². The van der Waals surface area contributed by atoms with Crippen molar-refractivity contribution in [2.45, 2.75) is 69.0 Å². The summed E-state index contributed by atoms with van der Waals surface area (Å²) < 4.78 is 30.3. The van der Waals surface area contributed by atoms with Crippen molar-refractivity contribution in [3.63, 3.8) is 0 Å². The zero-order valence-corrected chi connectivity index (χ0v) is 14.9. The van der Waals surface area contributed by atoms with Gasteiger partial charge in [0.15, 0.2) is 0 Å². The second-order valence-electron chi connectivity index (χ2n) is 7.71. The number of nitrogens with one attached hydrogen (secondary N) is 1. The Balaban J connectivity index is 1.81. The maximum absolute atomic E-state index is 13.4. The van der Waals surface area contributed by atoms with E-state index in [0.717, 1.165) is 25.8 Å². The Labute approximate surface area is 138 Å². The van der Waals surface area contributed by atoms with Crippen LogP contribution in [0, 0.1) is 12.3 Å². The van der Waals surface area contributed by atoms with Gasteiger partial charge in [-0.15, -0.1) is 0 Å². The van der Waals surface area contributed by atoms with Crippen molar-refractivity contribution in [3.05, 3.63) is 11.9 Å². The molecule has 0 radical (unpaired) electrons. The lowest BCUT2D eigenvalue weighted by Crippen LogP contribution is -2.51. The van der Waals surface area contributed by atoms with Gasteiger partial charge in [-0.2, -0.15) is 9.40 Å². The molecular formula is C16H26N4O2S. The minimum absolute atomic E-state index is 0.0581. The van der Waals surface area contributed by atoms with Gasteiger partial charge in [-0.1, -0.05) is 19.8 Å². The van der Waals surface area contributed by atoms with Gasteiger partial charge in [0.1, 0.15) is 4.90 Å². The van der Waals surface area contributed by atoms with Crippen LogP contribution in [0.4, 0.5) is 0 Å². The summed E-state index contributed by atoms with van der Waals surface area (Å²) in [5.74, 6) is 0. The van der Waals surface area contributed by atoms with Gasteiger partial charge in [-0.05, 0) is 26.2 Å². The summed E-state index contributed by atoms with van der Waals surface area (Å²) in [4.78, 5) is 0.372. The van der Waals surface area contributed by atoms with Crippen molar-refractivity contribution in [1.29, 1.82) is 0 Å². The molecule has 2 aliphatic heterocycles. The predicted octanol–water partition coefficient (Wildman–Crippen LogP) is 1.41. The van der Waals surface area contributed by atoms with Gasteiger partial charge in [0.2, 0.25) is 10.0 Å². The van der Waals surface area contributed by atoms with Gasteiger partial charge in [0, 0.05) is 43.3 Å². The van der Waals surface area contributed by atoms with E-state index in [0.29, 0.717) is 16.6 Å². The fraction of sp³-hybridized carbons (Fsp3) is 0.812. The topological polar surface area (TPSA) is 67.2 Å². The molecule has 2 bridgehead atoms. The molecule has 0 amide bonds. The highest BCUT2D eigenvalue weighted by atomic mass is 32.2. The van der Waals surface area contributed by atoms with Crippen molar-refractivity contribution in [3.8, 4) is 0 Å². The number of nitrogens with zero attached hydrogens (tertiary/aromatic N) is 3. The van der Waals surface area contributed by atoms with Gasteiger partial charge in [-0.3, -0.25) is 4.68 Å². The molecule has 3 fully saturated rings. The molecule has 1 aliphatic carbocycles. The molecule has 4 atom stereocenters. The average molecular weight is 338 g/mol. The molecule has 4 rings (SSSR count). The normalized spacial score (nSPS) is 37.8. The number of piperidine rings is 1. The summed E-state index contributed by atoms with van der Waals surface area (Å²) in [7, 11) is -1.72. The van der Waals surface area contributed by atoms with E-state index in [1.54, 1.807) is 24.9 Å². The first-order valence-electron chi connectivity index (χ1n) is 8.61. The van der Waals surface area contributed by atoms with E-state index < -0.39 is 10.0 Å². The van der Waals surface area contributed by atoms with Gasteiger partial charge >= 0.3 is 0 Å². The van der Waals surface area contributed by atoms with Crippen LogP contribution < -0.4 is 5.32 Å². The molecule has 1 aromatic rings. The lowest BCUT2D eigenvalue weighted by atomic mass is 9.72. The van der Waals surface area contributed by atoms with Gasteiger partial charge < -0.3 is 5.32 Å².